The van der Waals surface area contributed by atoms with Crippen LogP contribution in [0.4, 0.5) is 5.95 Å². The second kappa shape index (κ2) is 11.7. The Morgan fingerprint density at radius 1 is 1.05 bits per heavy atom. The van der Waals surface area contributed by atoms with Crippen molar-refractivity contribution in [3.05, 3.63) is 76.3 Å². The zero-order valence-corrected chi connectivity index (χ0v) is 22.2. The van der Waals surface area contributed by atoms with E-state index in [4.69, 9.17) is 11.6 Å². The highest BCUT2D eigenvalue weighted by Gasteiger charge is 2.33. The number of benzene rings is 2. The van der Waals surface area contributed by atoms with Gasteiger partial charge in [0.15, 0.2) is 0 Å². The van der Waals surface area contributed by atoms with Crippen LogP contribution in [0.1, 0.15) is 67.9 Å². The topological polar surface area (TPSA) is 104 Å². The Balaban J connectivity index is 1.48. The van der Waals surface area contributed by atoms with E-state index in [-0.39, 0.29) is 29.2 Å². The highest BCUT2D eigenvalue weighted by molar-refractivity contribution is 6.30. The Morgan fingerprint density at radius 2 is 1.73 bits per heavy atom. The van der Waals surface area contributed by atoms with E-state index in [1.54, 1.807) is 18.2 Å². The van der Waals surface area contributed by atoms with Gasteiger partial charge in [-0.1, -0.05) is 61.7 Å². The van der Waals surface area contributed by atoms with Crippen molar-refractivity contribution in [1.82, 2.24) is 25.5 Å². The number of amides is 2. The van der Waals surface area contributed by atoms with Crippen LogP contribution < -0.4 is 5.32 Å². The summed E-state index contributed by atoms with van der Waals surface area (Å²) in [5, 5.41) is 16.5. The maximum absolute atomic E-state index is 13.4. The van der Waals surface area contributed by atoms with Crippen molar-refractivity contribution < 1.29 is 9.59 Å². The number of rotatable bonds is 7. The molecule has 4 rings (SSSR count). The van der Waals surface area contributed by atoms with Crippen LogP contribution in [-0.2, 0) is 11.3 Å². The molecule has 194 valence electrons. The summed E-state index contributed by atoms with van der Waals surface area (Å²) in [5.41, 5.74) is 2.62. The molecule has 1 heterocycles. The molecule has 2 N–H and O–H groups in total. The van der Waals surface area contributed by atoms with Crippen molar-refractivity contribution in [2.24, 2.45) is 11.3 Å². The lowest BCUT2D eigenvalue weighted by molar-refractivity contribution is -0.130. The number of carbonyl (C=O) groups is 2. The largest absolute Gasteiger partial charge is 0.332 e. The van der Waals surface area contributed by atoms with Crippen LogP contribution in [0.3, 0.4) is 0 Å². The number of tetrazole rings is 1. The fraction of sp³-hybridized carbons (Fsp3) is 0.393. The molecule has 8 nitrogen and oxygen atoms in total. The summed E-state index contributed by atoms with van der Waals surface area (Å²) in [6.07, 6.45) is 7.65. The van der Waals surface area contributed by atoms with E-state index in [1.165, 1.54) is 0 Å². The smallest absolute Gasteiger partial charge is 0.270 e. The zero-order chi connectivity index (χ0) is 26.4. The van der Waals surface area contributed by atoms with Crippen LogP contribution in [0, 0.1) is 11.3 Å². The number of carbonyl (C=O) groups excluding carboxylic acids is 2. The number of aromatic nitrogens is 4. The van der Waals surface area contributed by atoms with Gasteiger partial charge in [0.2, 0.25) is 5.91 Å². The fourth-order valence-corrected chi connectivity index (χ4v) is 4.95. The Labute approximate surface area is 222 Å². The standard InChI is InChI=1S/C28H33ClN6O2/c1-28(2,3)22-11-15-24(16-12-22)35(25(36)17-8-19-6-13-23(29)14-7-19)18-20-4-9-21(10-5-20)26(37)30-27-31-33-34-32-27/h4-10,13-14,17,22,24H,11-12,15-16,18H2,1-3H3,(H2,30,31,32,33,34,37)/b17-8+. The van der Waals surface area contributed by atoms with Crippen molar-refractivity contribution >= 4 is 35.4 Å². The SMILES string of the molecule is CC(C)(C)C1CCC(N(Cc2ccc(C(=O)Nc3nn[nH]n3)cc2)C(=O)/C=C/c2ccc(Cl)cc2)CC1. The number of nitrogens with zero attached hydrogens (tertiary/aromatic N) is 4. The molecular weight excluding hydrogens is 488 g/mol. The molecule has 1 saturated carbocycles. The van der Waals surface area contributed by atoms with Crippen LogP contribution in [-0.4, -0.2) is 43.4 Å². The first-order chi connectivity index (χ1) is 17.7. The molecule has 37 heavy (non-hydrogen) atoms. The average molecular weight is 521 g/mol. The summed E-state index contributed by atoms with van der Waals surface area (Å²) in [4.78, 5) is 27.9. The molecule has 1 fully saturated rings. The van der Waals surface area contributed by atoms with Gasteiger partial charge in [0.25, 0.3) is 11.9 Å². The molecule has 1 aliphatic carbocycles. The fourth-order valence-electron chi connectivity index (χ4n) is 4.82. The predicted molar refractivity (Wildman–Crippen MR) is 145 cm³/mol. The van der Waals surface area contributed by atoms with E-state index in [0.717, 1.165) is 36.8 Å². The van der Waals surface area contributed by atoms with Gasteiger partial charge in [0, 0.05) is 29.2 Å². The summed E-state index contributed by atoms with van der Waals surface area (Å²) in [6, 6.07) is 14.8. The first-order valence-electron chi connectivity index (χ1n) is 12.6. The number of nitrogens with one attached hydrogen (secondary N) is 2. The lowest BCUT2D eigenvalue weighted by Gasteiger charge is -2.41. The molecule has 0 unspecified atom stereocenters. The zero-order valence-electron chi connectivity index (χ0n) is 21.4. The number of hydrogen-bond donors (Lipinski definition) is 2. The maximum atomic E-state index is 13.4. The first-order valence-corrected chi connectivity index (χ1v) is 12.9. The molecule has 0 radical (unpaired) electrons. The van der Waals surface area contributed by atoms with Gasteiger partial charge in [0.1, 0.15) is 0 Å². The van der Waals surface area contributed by atoms with Crippen LogP contribution in [0.15, 0.2) is 54.6 Å². The van der Waals surface area contributed by atoms with Crippen LogP contribution in [0.5, 0.6) is 0 Å². The number of H-pyrrole nitrogens is 1. The number of anilines is 1. The molecule has 2 aromatic carbocycles. The van der Waals surface area contributed by atoms with E-state index < -0.39 is 0 Å². The molecule has 1 aliphatic rings. The average Bonchev–Trinajstić information content (AvgIpc) is 3.40. The van der Waals surface area contributed by atoms with E-state index >= 15 is 0 Å². The summed E-state index contributed by atoms with van der Waals surface area (Å²) >= 11 is 5.99. The van der Waals surface area contributed by atoms with Gasteiger partial charge in [-0.25, -0.2) is 0 Å². The molecule has 3 aromatic rings. The summed E-state index contributed by atoms with van der Waals surface area (Å²) in [6.45, 7) is 7.37. The molecule has 2 amide bonds. The van der Waals surface area contributed by atoms with Gasteiger partial charge in [0.05, 0.1) is 0 Å². The van der Waals surface area contributed by atoms with E-state index in [9.17, 15) is 9.59 Å². The third kappa shape index (κ3) is 7.26. The number of halogens is 1. The third-order valence-electron chi connectivity index (χ3n) is 7.07. The van der Waals surface area contributed by atoms with Crippen molar-refractivity contribution in [2.45, 2.75) is 59.0 Å². The lowest BCUT2D eigenvalue weighted by Crippen LogP contribution is -2.42. The summed E-state index contributed by atoms with van der Waals surface area (Å²) in [5.74, 6) is 0.423. The Bertz CT molecular complexity index is 1210. The predicted octanol–water partition coefficient (Wildman–Crippen LogP) is 5.75. The highest BCUT2D eigenvalue weighted by atomic mass is 35.5. The molecule has 0 aliphatic heterocycles. The lowest BCUT2D eigenvalue weighted by atomic mass is 9.71. The van der Waals surface area contributed by atoms with Gasteiger partial charge in [-0.2, -0.15) is 5.21 Å². The molecular formula is C28H33ClN6O2. The molecule has 9 heteroatoms. The minimum Gasteiger partial charge on any atom is -0.332 e. The maximum Gasteiger partial charge on any atom is 0.270 e. The van der Waals surface area contributed by atoms with Gasteiger partial charge < -0.3 is 4.90 Å². The number of hydrogen-bond acceptors (Lipinski definition) is 5. The van der Waals surface area contributed by atoms with Crippen molar-refractivity contribution in [3.63, 3.8) is 0 Å². The molecule has 0 atom stereocenters. The quantitative estimate of drug-likeness (QED) is 0.386. The van der Waals surface area contributed by atoms with Crippen LogP contribution in [0.2, 0.25) is 5.02 Å². The molecule has 0 saturated heterocycles. The Kier molecular flexibility index (Phi) is 8.38. The van der Waals surface area contributed by atoms with Crippen molar-refractivity contribution in [3.8, 4) is 0 Å². The summed E-state index contributed by atoms with van der Waals surface area (Å²) < 4.78 is 0. The van der Waals surface area contributed by atoms with E-state index in [1.807, 2.05) is 47.4 Å². The normalized spacial score (nSPS) is 18.1. The second-order valence-corrected chi connectivity index (χ2v) is 11.0. The van der Waals surface area contributed by atoms with Gasteiger partial charge in [-0.05, 0) is 83.7 Å². The number of aromatic amines is 1. The Morgan fingerprint density at radius 3 is 2.32 bits per heavy atom. The molecule has 1 aromatic heterocycles. The van der Waals surface area contributed by atoms with Crippen molar-refractivity contribution in [1.29, 1.82) is 0 Å². The first kappa shape index (κ1) is 26.5. The van der Waals surface area contributed by atoms with Gasteiger partial charge in [-0.3, -0.25) is 14.9 Å². The van der Waals surface area contributed by atoms with Crippen LogP contribution >= 0.6 is 11.6 Å². The monoisotopic (exact) mass is 520 g/mol. The van der Waals surface area contributed by atoms with Gasteiger partial charge in [-0.15, -0.1) is 5.10 Å². The van der Waals surface area contributed by atoms with Crippen LogP contribution in [0.25, 0.3) is 6.08 Å². The summed E-state index contributed by atoms with van der Waals surface area (Å²) in [7, 11) is 0. The third-order valence-corrected chi connectivity index (χ3v) is 7.33. The minimum atomic E-state index is -0.327. The molecule has 0 bridgehead atoms. The van der Waals surface area contributed by atoms with Gasteiger partial charge >= 0.3 is 0 Å². The van der Waals surface area contributed by atoms with E-state index in [2.05, 4.69) is 46.7 Å². The molecule has 0 spiro atoms. The Hall–Kier alpha value is -3.52. The van der Waals surface area contributed by atoms with Crippen molar-refractivity contribution in [2.75, 3.05) is 5.32 Å². The second-order valence-electron chi connectivity index (χ2n) is 10.6. The van der Waals surface area contributed by atoms with E-state index in [0.29, 0.717) is 23.0 Å². The highest BCUT2D eigenvalue weighted by Crippen LogP contribution is 2.39. The minimum absolute atomic E-state index is 0.0203.